The smallest absolute Gasteiger partial charge is 0.269 e. The Kier molecular flexibility index (Phi) is 9.56. The van der Waals surface area contributed by atoms with Crippen LogP contribution in [-0.4, -0.2) is 37.3 Å². The van der Waals surface area contributed by atoms with Crippen LogP contribution in [0.4, 0.5) is 11.4 Å². The lowest BCUT2D eigenvalue weighted by atomic mass is 10.0. The van der Waals surface area contributed by atoms with Crippen LogP contribution in [0.15, 0.2) is 66.3 Å². The molecule has 194 valence electrons. The number of carbonyl (C=O) groups is 2. The molecular weight excluding hydrogens is 492 g/mol. The number of carbonyl (C=O) groups excluding carboxylic acids is 2. The molecule has 2 N–H and O–H groups in total. The van der Waals surface area contributed by atoms with Crippen molar-refractivity contribution in [3.05, 3.63) is 88.3 Å². The highest BCUT2D eigenvalue weighted by Crippen LogP contribution is 2.26. The van der Waals surface area contributed by atoms with Crippen molar-refractivity contribution >= 4 is 35.0 Å². The average Bonchev–Trinajstić information content (AvgIpc) is 3.26. The third kappa shape index (κ3) is 7.50. The minimum atomic E-state index is -0.479. The zero-order valence-electron chi connectivity index (χ0n) is 21.0. The van der Waals surface area contributed by atoms with Gasteiger partial charge < -0.3 is 15.2 Å². The van der Waals surface area contributed by atoms with Crippen molar-refractivity contribution in [1.82, 2.24) is 20.1 Å². The molecule has 0 radical (unpaired) electrons. The number of aryl methyl sites for hydroxylation is 1. The van der Waals surface area contributed by atoms with Crippen LogP contribution in [0, 0.1) is 23.0 Å². The van der Waals surface area contributed by atoms with Crippen LogP contribution in [0.1, 0.15) is 48.1 Å². The Balaban J connectivity index is 1.75. The minimum absolute atomic E-state index is 0.0368. The quantitative estimate of drug-likeness (QED) is 0.149. The van der Waals surface area contributed by atoms with Crippen LogP contribution < -0.4 is 10.6 Å². The molecule has 1 aromatic heterocycles. The van der Waals surface area contributed by atoms with Crippen molar-refractivity contribution in [2.75, 3.05) is 11.1 Å². The van der Waals surface area contributed by atoms with E-state index in [1.165, 1.54) is 30.0 Å². The molecule has 3 rings (SSSR count). The SMILES string of the molecule is C=CCn1c(SCC(=O)Nc2ccc([N+](=O)[O-])cc2C)nnc1C(CC(C)C)NC(=O)c1ccccc1. The Labute approximate surface area is 219 Å². The van der Waals surface area contributed by atoms with Crippen LogP contribution in [-0.2, 0) is 11.3 Å². The maximum atomic E-state index is 12.9. The molecule has 1 unspecified atom stereocenters. The normalized spacial score (nSPS) is 11.7. The number of allylic oxidation sites excluding steroid dienone is 1. The lowest BCUT2D eigenvalue weighted by Gasteiger charge is -2.21. The summed E-state index contributed by atoms with van der Waals surface area (Å²) in [4.78, 5) is 36.0. The molecule has 1 heterocycles. The maximum Gasteiger partial charge on any atom is 0.269 e. The number of benzene rings is 2. The summed E-state index contributed by atoms with van der Waals surface area (Å²) in [6, 6.07) is 12.9. The Morgan fingerprint density at radius 1 is 1.19 bits per heavy atom. The van der Waals surface area contributed by atoms with E-state index in [9.17, 15) is 19.7 Å². The van der Waals surface area contributed by atoms with E-state index in [0.717, 1.165) is 0 Å². The molecule has 0 aliphatic carbocycles. The number of nitro benzene ring substituents is 1. The number of thioether (sulfide) groups is 1. The summed E-state index contributed by atoms with van der Waals surface area (Å²) >= 11 is 1.21. The van der Waals surface area contributed by atoms with E-state index in [4.69, 9.17) is 0 Å². The summed E-state index contributed by atoms with van der Waals surface area (Å²) in [5.74, 6) is 0.435. The Bertz CT molecular complexity index is 1280. The fourth-order valence-corrected chi connectivity index (χ4v) is 4.47. The van der Waals surface area contributed by atoms with Gasteiger partial charge in [0.25, 0.3) is 11.6 Å². The molecule has 0 aliphatic rings. The molecule has 0 saturated carbocycles. The Hall–Kier alpha value is -3.99. The number of amides is 2. The summed E-state index contributed by atoms with van der Waals surface area (Å²) in [7, 11) is 0. The maximum absolute atomic E-state index is 12.9. The summed E-state index contributed by atoms with van der Waals surface area (Å²) in [6.45, 7) is 10.1. The first-order valence-electron chi connectivity index (χ1n) is 11.8. The largest absolute Gasteiger partial charge is 0.342 e. The number of anilines is 1. The van der Waals surface area contributed by atoms with Gasteiger partial charge in [-0.2, -0.15) is 0 Å². The van der Waals surface area contributed by atoms with Gasteiger partial charge in [0, 0.05) is 29.9 Å². The van der Waals surface area contributed by atoms with E-state index in [1.54, 1.807) is 25.1 Å². The standard InChI is InChI=1S/C26H30N6O4S/c1-5-13-31-24(22(14-17(2)3)28-25(34)19-9-7-6-8-10-19)29-30-26(31)37-16-23(33)27-21-12-11-20(32(35)36)15-18(21)4/h5-12,15,17,22H,1,13-14,16H2,2-4H3,(H,27,33)(H,28,34). The number of nitrogens with one attached hydrogen (secondary N) is 2. The molecule has 0 fully saturated rings. The summed E-state index contributed by atoms with van der Waals surface area (Å²) in [5.41, 5.74) is 1.62. The molecule has 10 nitrogen and oxygen atoms in total. The van der Waals surface area contributed by atoms with Gasteiger partial charge in [0.15, 0.2) is 11.0 Å². The number of non-ortho nitro benzene ring substituents is 1. The number of nitro groups is 1. The number of nitrogens with zero attached hydrogens (tertiary/aromatic N) is 4. The van der Waals surface area contributed by atoms with Gasteiger partial charge in [-0.05, 0) is 43.0 Å². The second-order valence-electron chi connectivity index (χ2n) is 8.85. The first-order chi connectivity index (χ1) is 17.7. The zero-order chi connectivity index (χ0) is 26.9. The van der Waals surface area contributed by atoms with Gasteiger partial charge in [-0.25, -0.2) is 0 Å². The lowest BCUT2D eigenvalue weighted by molar-refractivity contribution is -0.384. The van der Waals surface area contributed by atoms with Crippen LogP contribution in [0.5, 0.6) is 0 Å². The van der Waals surface area contributed by atoms with E-state index in [-0.39, 0.29) is 35.2 Å². The predicted octanol–water partition coefficient (Wildman–Crippen LogP) is 4.93. The third-order valence-electron chi connectivity index (χ3n) is 5.44. The van der Waals surface area contributed by atoms with Crippen molar-refractivity contribution in [3.8, 4) is 0 Å². The first-order valence-corrected chi connectivity index (χ1v) is 12.8. The number of hydrogen-bond donors (Lipinski definition) is 2. The van der Waals surface area contributed by atoms with Crippen molar-refractivity contribution < 1.29 is 14.5 Å². The highest BCUT2D eigenvalue weighted by molar-refractivity contribution is 7.99. The van der Waals surface area contributed by atoms with Gasteiger partial charge in [0.05, 0.1) is 16.7 Å². The van der Waals surface area contributed by atoms with Crippen LogP contribution >= 0.6 is 11.8 Å². The Morgan fingerprint density at radius 3 is 2.54 bits per heavy atom. The first kappa shape index (κ1) is 27.6. The van der Waals surface area contributed by atoms with Gasteiger partial charge in [-0.3, -0.25) is 19.7 Å². The molecule has 0 saturated heterocycles. The minimum Gasteiger partial charge on any atom is -0.342 e. The van der Waals surface area contributed by atoms with Gasteiger partial charge in [-0.1, -0.05) is 49.9 Å². The highest BCUT2D eigenvalue weighted by Gasteiger charge is 2.25. The van der Waals surface area contributed by atoms with E-state index < -0.39 is 4.92 Å². The molecule has 1 atom stereocenters. The molecule has 2 aromatic carbocycles. The molecule has 3 aromatic rings. The predicted molar refractivity (Wildman–Crippen MR) is 144 cm³/mol. The van der Waals surface area contributed by atoms with Crippen LogP contribution in [0.25, 0.3) is 0 Å². The summed E-state index contributed by atoms with van der Waals surface area (Å²) < 4.78 is 1.85. The number of rotatable bonds is 12. The third-order valence-corrected chi connectivity index (χ3v) is 6.41. The van der Waals surface area contributed by atoms with Crippen molar-refractivity contribution in [1.29, 1.82) is 0 Å². The molecule has 0 spiro atoms. The fraction of sp³-hybridized carbons (Fsp3) is 0.308. The molecule has 0 bridgehead atoms. The monoisotopic (exact) mass is 522 g/mol. The van der Waals surface area contributed by atoms with Crippen LogP contribution in [0.2, 0.25) is 0 Å². The highest BCUT2D eigenvalue weighted by atomic mass is 32.2. The molecular formula is C26H30N6O4S. The average molecular weight is 523 g/mol. The van der Waals surface area contributed by atoms with Gasteiger partial charge >= 0.3 is 0 Å². The van der Waals surface area contributed by atoms with E-state index in [2.05, 4.69) is 41.3 Å². The second kappa shape index (κ2) is 12.8. The fourth-order valence-electron chi connectivity index (χ4n) is 3.71. The molecule has 2 amide bonds. The molecule has 37 heavy (non-hydrogen) atoms. The summed E-state index contributed by atoms with van der Waals surface area (Å²) in [6.07, 6.45) is 2.36. The van der Waals surface area contributed by atoms with E-state index in [1.807, 2.05) is 22.8 Å². The molecule has 0 aliphatic heterocycles. The zero-order valence-corrected chi connectivity index (χ0v) is 21.8. The molecule has 11 heteroatoms. The van der Waals surface area contributed by atoms with Crippen molar-refractivity contribution in [3.63, 3.8) is 0 Å². The van der Waals surface area contributed by atoms with E-state index in [0.29, 0.717) is 40.8 Å². The number of aromatic nitrogens is 3. The Morgan fingerprint density at radius 2 is 1.92 bits per heavy atom. The lowest BCUT2D eigenvalue weighted by Crippen LogP contribution is -2.31. The van der Waals surface area contributed by atoms with Crippen molar-refractivity contribution in [2.24, 2.45) is 5.92 Å². The summed E-state index contributed by atoms with van der Waals surface area (Å²) in [5, 5.41) is 26.0. The van der Waals surface area contributed by atoms with Gasteiger partial charge in [0.1, 0.15) is 0 Å². The second-order valence-corrected chi connectivity index (χ2v) is 9.80. The van der Waals surface area contributed by atoms with Gasteiger partial charge in [0.2, 0.25) is 5.91 Å². The van der Waals surface area contributed by atoms with Crippen LogP contribution in [0.3, 0.4) is 0 Å². The van der Waals surface area contributed by atoms with Gasteiger partial charge in [-0.15, -0.1) is 16.8 Å². The number of hydrogen-bond acceptors (Lipinski definition) is 7. The van der Waals surface area contributed by atoms with Crippen molar-refractivity contribution in [2.45, 2.75) is 44.9 Å². The topological polar surface area (TPSA) is 132 Å². The van der Waals surface area contributed by atoms with E-state index >= 15 is 0 Å².